The van der Waals surface area contributed by atoms with E-state index in [0.29, 0.717) is 6.54 Å². The summed E-state index contributed by atoms with van der Waals surface area (Å²) in [6, 6.07) is 9.00. The van der Waals surface area contributed by atoms with Gasteiger partial charge in [0.05, 0.1) is 13.7 Å². The van der Waals surface area contributed by atoms with Gasteiger partial charge in [0.1, 0.15) is 6.04 Å². The molecule has 1 unspecified atom stereocenters. The van der Waals surface area contributed by atoms with Crippen molar-refractivity contribution in [2.75, 3.05) is 25.1 Å². The molecule has 0 aliphatic carbocycles. The summed E-state index contributed by atoms with van der Waals surface area (Å²) in [5.74, 6) is -0.365. The number of hydrogen-bond acceptors (Lipinski definition) is 4. The van der Waals surface area contributed by atoms with Crippen LogP contribution in [-0.2, 0) is 14.3 Å². The normalized spacial score (nSPS) is 12.0. The van der Waals surface area contributed by atoms with E-state index in [1.54, 1.807) is 4.90 Å². The van der Waals surface area contributed by atoms with Gasteiger partial charge in [-0.1, -0.05) is 32.0 Å². The van der Waals surface area contributed by atoms with E-state index >= 15 is 0 Å². The maximum absolute atomic E-state index is 12.3. The summed E-state index contributed by atoms with van der Waals surface area (Å²) < 4.78 is 4.75. The van der Waals surface area contributed by atoms with Crippen molar-refractivity contribution in [2.24, 2.45) is 5.92 Å². The fourth-order valence-corrected chi connectivity index (χ4v) is 2.12. The topological polar surface area (TPSA) is 58.6 Å². The second-order valence-corrected chi connectivity index (χ2v) is 5.10. The molecule has 0 saturated carbocycles. The third-order valence-corrected chi connectivity index (χ3v) is 3.28. The molecule has 0 fully saturated rings. The van der Waals surface area contributed by atoms with Gasteiger partial charge in [-0.25, -0.2) is 0 Å². The lowest BCUT2D eigenvalue weighted by Crippen LogP contribution is -2.47. The van der Waals surface area contributed by atoms with E-state index in [4.69, 9.17) is 4.74 Å². The Morgan fingerprint density at radius 2 is 1.86 bits per heavy atom. The van der Waals surface area contributed by atoms with Gasteiger partial charge >= 0.3 is 5.97 Å². The molecule has 0 aromatic heterocycles. The number of nitrogens with zero attached hydrogens (tertiary/aromatic N) is 1. The average molecular weight is 292 g/mol. The Labute approximate surface area is 126 Å². The predicted octanol–water partition coefficient (Wildman–Crippen LogP) is 1.83. The van der Waals surface area contributed by atoms with E-state index < -0.39 is 6.04 Å². The van der Waals surface area contributed by atoms with Gasteiger partial charge in [-0.05, 0) is 25.0 Å². The Hall–Kier alpha value is -1.88. The number of carbonyl (C=O) groups is 2. The largest absolute Gasteiger partial charge is 0.468 e. The first kappa shape index (κ1) is 17.2. The van der Waals surface area contributed by atoms with Gasteiger partial charge in [0.25, 0.3) is 0 Å². The third kappa shape index (κ3) is 4.86. The van der Waals surface area contributed by atoms with Crippen LogP contribution in [0.2, 0.25) is 0 Å². The Kier molecular flexibility index (Phi) is 6.88. The van der Waals surface area contributed by atoms with E-state index in [2.05, 4.69) is 5.32 Å². The number of methoxy groups -OCH3 is 1. The monoisotopic (exact) mass is 292 g/mol. The number of likely N-dealkylation sites (N-methyl/N-ethyl adjacent to an activating group) is 1. The van der Waals surface area contributed by atoms with E-state index in [1.165, 1.54) is 7.11 Å². The van der Waals surface area contributed by atoms with Crippen molar-refractivity contribution in [3.8, 4) is 0 Å². The van der Waals surface area contributed by atoms with Gasteiger partial charge in [0.2, 0.25) is 5.91 Å². The van der Waals surface area contributed by atoms with Gasteiger partial charge in [-0.3, -0.25) is 14.9 Å². The fourth-order valence-electron chi connectivity index (χ4n) is 2.12. The molecule has 1 aromatic carbocycles. The van der Waals surface area contributed by atoms with Crippen LogP contribution >= 0.6 is 0 Å². The number of esters is 1. The number of benzene rings is 1. The first-order valence-electron chi connectivity index (χ1n) is 7.17. The SMILES string of the molecule is CCN(C(=O)CNC(C(=O)OC)C(C)C)c1ccccc1. The highest BCUT2D eigenvalue weighted by atomic mass is 16.5. The summed E-state index contributed by atoms with van der Waals surface area (Å²) in [6.07, 6.45) is 0. The number of rotatable bonds is 7. The molecule has 0 bridgehead atoms. The lowest BCUT2D eigenvalue weighted by atomic mass is 10.0. The highest BCUT2D eigenvalue weighted by molar-refractivity contribution is 5.95. The van der Waals surface area contributed by atoms with Crippen molar-refractivity contribution in [1.29, 1.82) is 0 Å². The molecule has 1 amide bonds. The van der Waals surface area contributed by atoms with Crippen molar-refractivity contribution < 1.29 is 14.3 Å². The minimum atomic E-state index is -0.478. The maximum Gasteiger partial charge on any atom is 0.323 e. The second-order valence-electron chi connectivity index (χ2n) is 5.10. The molecule has 1 aromatic rings. The number of anilines is 1. The molecule has 0 aliphatic heterocycles. The summed E-state index contributed by atoms with van der Waals surface area (Å²) in [5.41, 5.74) is 0.853. The molecule has 21 heavy (non-hydrogen) atoms. The fraction of sp³-hybridized carbons (Fsp3) is 0.500. The maximum atomic E-state index is 12.3. The Bertz CT molecular complexity index is 460. The molecule has 0 spiro atoms. The standard InChI is InChI=1S/C16H24N2O3/c1-5-18(13-9-7-6-8-10-13)14(19)11-17-15(12(2)3)16(20)21-4/h6-10,12,15,17H,5,11H2,1-4H3. The Morgan fingerprint density at radius 3 is 2.33 bits per heavy atom. The molecule has 0 aliphatic rings. The van der Waals surface area contributed by atoms with Crippen LogP contribution in [0.5, 0.6) is 0 Å². The number of amides is 1. The number of para-hydroxylation sites is 1. The molecule has 0 heterocycles. The minimum absolute atomic E-state index is 0.0528. The first-order valence-corrected chi connectivity index (χ1v) is 7.17. The molecule has 5 heteroatoms. The average Bonchev–Trinajstić information content (AvgIpc) is 2.48. The number of hydrogen-bond donors (Lipinski definition) is 1. The molecular weight excluding hydrogens is 268 g/mol. The lowest BCUT2D eigenvalue weighted by Gasteiger charge is -2.24. The molecule has 1 rings (SSSR count). The lowest BCUT2D eigenvalue weighted by molar-refractivity contribution is -0.144. The zero-order valence-corrected chi connectivity index (χ0v) is 13.1. The minimum Gasteiger partial charge on any atom is -0.468 e. The van der Waals surface area contributed by atoms with E-state index in [9.17, 15) is 9.59 Å². The van der Waals surface area contributed by atoms with Gasteiger partial charge < -0.3 is 9.64 Å². The molecular formula is C16H24N2O3. The van der Waals surface area contributed by atoms with Crippen molar-refractivity contribution in [3.63, 3.8) is 0 Å². The zero-order chi connectivity index (χ0) is 15.8. The Balaban J connectivity index is 2.68. The third-order valence-electron chi connectivity index (χ3n) is 3.28. The quantitative estimate of drug-likeness (QED) is 0.779. The van der Waals surface area contributed by atoms with E-state index in [-0.39, 0.29) is 24.3 Å². The van der Waals surface area contributed by atoms with Crippen LogP contribution in [0, 0.1) is 5.92 Å². The van der Waals surface area contributed by atoms with Crippen LogP contribution in [0.15, 0.2) is 30.3 Å². The summed E-state index contributed by atoms with van der Waals surface area (Å²) >= 11 is 0. The van der Waals surface area contributed by atoms with Gasteiger partial charge in [0, 0.05) is 12.2 Å². The highest BCUT2D eigenvalue weighted by Gasteiger charge is 2.24. The van der Waals surface area contributed by atoms with Crippen LogP contribution in [0.3, 0.4) is 0 Å². The molecule has 0 saturated heterocycles. The van der Waals surface area contributed by atoms with Gasteiger partial charge in [-0.15, -0.1) is 0 Å². The zero-order valence-electron chi connectivity index (χ0n) is 13.1. The molecule has 116 valence electrons. The first-order chi connectivity index (χ1) is 10.0. The highest BCUT2D eigenvalue weighted by Crippen LogP contribution is 2.13. The van der Waals surface area contributed by atoms with Crippen molar-refractivity contribution in [2.45, 2.75) is 26.8 Å². The van der Waals surface area contributed by atoms with Crippen LogP contribution in [0.25, 0.3) is 0 Å². The van der Waals surface area contributed by atoms with Crippen molar-refractivity contribution in [3.05, 3.63) is 30.3 Å². The number of carbonyl (C=O) groups excluding carboxylic acids is 2. The summed E-state index contributed by atoms with van der Waals surface area (Å²) in [7, 11) is 1.35. The molecule has 0 radical (unpaired) electrons. The van der Waals surface area contributed by atoms with Crippen LogP contribution in [0.4, 0.5) is 5.69 Å². The van der Waals surface area contributed by atoms with Crippen molar-refractivity contribution in [1.82, 2.24) is 5.32 Å². The molecule has 5 nitrogen and oxygen atoms in total. The van der Waals surface area contributed by atoms with Gasteiger partial charge in [0.15, 0.2) is 0 Å². The molecule has 1 N–H and O–H groups in total. The van der Waals surface area contributed by atoms with Crippen LogP contribution < -0.4 is 10.2 Å². The summed E-state index contributed by atoms with van der Waals surface area (Å²) in [4.78, 5) is 25.7. The van der Waals surface area contributed by atoms with E-state index in [0.717, 1.165) is 5.69 Å². The smallest absolute Gasteiger partial charge is 0.323 e. The predicted molar refractivity (Wildman–Crippen MR) is 83.1 cm³/mol. The number of ether oxygens (including phenoxy) is 1. The summed E-state index contributed by atoms with van der Waals surface area (Å²) in [5, 5.41) is 2.99. The van der Waals surface area contributed by atoms with E-state index in [1.807, 2.05) is 51.1 Å². The Morgan fingerprint density at radius 1 is 1.24 bits per heavy atom. The van der Waals surface area contributed by atoms with Crippen molar-refractivity contribution >= 4 is 17.6 Å². The summed E-state index contributed by atoms with van der Waals surface area (Å²) in [6.45, 7) is 6.42. The number of nitrogens with one attached hydrogen (secondary N) is 1. The van der Waals surface area contributed by atoms with Crippen LogP contribution in [0.1, 0.15) is 20.8 Å². The van der Waals surface area contributed by atoms with Crippen LogP contribution in [-0.4, -0.2) is 38.1 Å². The molecule has 1 atom stereocenters. The second kappa shape index (κ2) is 8.42. The van der Waals surface area contributed by atoms with Gasteiger partial charge in [-0.2, -0.15) is 0 Å².